The number of halogens is 3. The Bertz CT molecular complexity index is 761. The van der Waals surface area contributed by atoms with Crippen LogP contribution in [0.1, 0.15) is 34.4 Å². The zero-order valence-corrected chi connectivity index (χ0v) is 14.1. The lowest BCUT2D eigenvalue weighted by Gasteiger charge is -2.34. The van der Waals surface area contributed by atoms with Gasteiger partial charge in [0.05, 0.1) is 18.8 Å². The molecule has 0 aliphatic carbocycles. The van der Waals surface area contributed by atoms with Gasteiger partial charge >= 0.3 is 6.18 Å². The van der Waals surface area contributed by atoms with E-state index in [0.29, 0.717) is 6.61 Å². The lowest BCUT2D eigenvalue weighted by atomic mass is 9.96. The van der Waals surface area contributed by atoms with Crippen molar-refractivity contribution in [3.8, 4) is 0 Å². The molecule has 0 fully saturated rings. The van der Waals surface area contributed by atoms with Gasteiger partial charge in [-0.05, 0) is 5.56 Å². The molecular weight excluding hydrogens is 349 g/mol. The van der Waals surface area contributed by atoms with Crippen LogP contribution >= 0.6 is 0 Å². The van der Waals surface area contributed by atoms with Gasteiger partial charge in [-0.15, -0.1) is 0 Å². The molecule has 26 heavy (non-hydrogen) atoms. The number of rotatable bonds is 5. The van der Waals surface area contributed by atoms with Crippen LogP contribution in [0.5, 0.6) is 0 Å². The van der Waals surface area contributed by atoms with Crippen LogP contribution in [0.3, 0.4) is 0 Å². The number of benzene rings is 1. The molecule has 0 radical (unpaired) electrons. The number of hydrogen-bond donors (Lipinski definition) is 2. The fourth-order valence-electron chi connectivity index (χ4n) is 2.99. The summed E-state index contributed by atoms with van der Waals surface area (Å²) in [6, 6.07) is 6.48. The quantitative estimate of drug-likeness (QED) is 0.797. The number of aromatic nitrogens is 2. The molecule has 2 aromatic rings. The van der Waals surface area contributed by atoms with E-state index in [-0.39, 0.29) is 24.3 Å². The van der Waals surface area contributed by atoms with Crippen LogP contribution in [0, 0.1) is 0 Å². The first kappa shape index (κ1) is 18.2. The number of amides is 1. The minimum absolute atomic E-state index is 0.0716. The average molecular weight is 368 g/mol. The largest absolute Gasteiger partial charge is 0.410 e. The Kier molecular flexibility index (Phi) is 5.17. The molecule has 9 heteroatoms. The van der Waals surface area contributed by atoms with E-state index in [9.17, 15) is 18.0 Å². The van der Waals surface area contributed by atoms with Gasteiger partial charge in [0.25, 0.3) is 5.91 Å². The van der Waals surface area contributed by atoms with E-state index in [1.165, 1.54) is 7.11 Å². The van der Waals surface area contributed by atoms with Crippen molar-refractivity contribution < 1.29 is 22.7 Å². The molecule has 2 atom stereocenters. The zero-order valence-electron chi connectivity index (χ0n) is 14.1. The van der Waals surface area contributed by atoms with Crippen LogP contribution in [0.4, 0.5) is 19.0 Å². The molecule has 2 unspecified atom stereocenters. The third-order valence-corrected chi connectivity index (χ3v) is 4.28. The van der Waals surface area contributed by atoms with Crippen LogP contribution < -0.4 is 10.6 Å². The van der Waals surface area contributed by atoms with Gasteiger partial charge in [-0.3, -0.25) is 4.79 Å². The molecule has 1 amide bonds. The van der Waals surface area contributed by atoms with Gasteiger partial charge in [-0.2, -0.15) is 18.3 Å². The molecule has 0 saturated carbocycles. The molecule has 2 heterocycles. The van der Waals surface area contributed by atoms with Crippen molar-refractivity contribution >= 4 is 11.7 Å². The second-order valence-electron chi connectivity index (χ2n) is 6.00. The van der Waals surface area contributed by atoms with E-state index in [1.807, 2.05) is 0 Å². The Balaban J connectivity index is 1.93. The molecule has 1 aromatic heterocycles. The van der Waals surface area contributed by atoms with Crippen LogP contribution in [-0.2, 0) is 4.74 Å². The van der Waals surface area contributed by atoms with Crippen LogP contribution in [0.2, 0.25) is 0 Å². The van der Waals surface area contributed by atoms with Gasteiger partial charge in [-0.25, -0.2) is 4.68 Å². The summed E-state index contributed by atoms with van der Waals surface area (Å²) < 4.78 is 46.4. The van der Waals surface area contributed by atoms with Gasteiger partial charge < -0.3 is 15.4 Å². The van der Waals surface area contributed by atoms with Crippen LogP contribution in [0.25, 0.3) is 0 Å². The number of nitrogens with zero attached hydrogens (tertiary/aromatic N) is 2. The fraction of sp³-hybridized carbons (Fsp3) is 0.412. The standard InChI is InChI=1S/C17H19F3N4O2/c1-26-8-7-21-16(25)12-10-22-24-14(17(18,19)20)9-13(23-15(12)24)11-5-3-2-4-6-11/h2-6,10,13-14,23H,7-9H2,1H3,(H,21,25). The molecule has 1 aromatic carbocycles. The van der Waals surface area contributed by atoms with Crippen molar-refractivity contribution in [2.45, 2.75) is 24.7 Å². The SMILES string of the molecule is COCCNC(=O)c1cnn2c1NC(c1ccccc1)CC2C(F)(F)F. The van der Waals surface area contributed by atoms with Crippen LogP contribution in [0.15, 0.2) is 36.5 Å². The van der Waals surface area contributed by atoms with Crippen molar-refractivity contribution in [3.63, 3.8) is 0 Å². The van der Waals surface area contributed by atoms with Gasteiger partial charge in [0, 0.05) is 20.1 Å². The van der Waals surface area contributed by atoms with Gasteiger partial charge in [0.15, 0.2) is 6.04 Å². The molecule has 0 bridgehead atoms. The fourth-order valence-corrected chi connectivity index (χ4v) is 2.99. The predicted molar refractivity (Wildman–Crippen MR) is 89.0 cm³/mol. The number of ether oxygens (including phenoxy) is 1. The summed E-state index contributed by atoms with van der Waals surface area (Å²) in [4.78, 5) is 12.3. The first-order valence-electron chi connectivity index (χ1n) is 8.14. The third kappa shape index (κ3) is 3.67. The number of nitrogens with one attached hydrogen (secondary N) is 2. The Morgan fingerprint density at radius 1 is 1.38 bits per heavy atom. The van der Waals surface area contributed by atoms with Gasteiger partial charge in [-0.1, -0.05) is 30.3 Å². The first-order valence-corrected chi connectivity index (χ1v) is 8.14. The highest BCUT2D eigenvalue weighted by Crippen LogP contribution is 2.44. The predicted octanol–water partition coefficient (Wildman–Crippen LogP) is 2.92. The van der Waals surface area contributed by atoms with Crippen molar-refractivity contribution in [2.24, 2.45) is 0 Å². The zero-order chi connectivity index (χ0) is 18.7. The van der Waals surface area contributed by atoms with E-state index in [1.54, 1.807) is 30.3 Å². The number of anilines is 1. The smallest absolute Gasteiger partial charge is 0.383 e. The van der Waals surface area contributed by atoms with E-state index in [2.05, 4.69) is 15.7 Å². The highest BCUT2D eigenvalue weighted by atomic mass is 19.4. The molecule has 2 N–H and O–H groups in total. The normalized spacial score (nSPS) is 19.5. The third-order valence-electron chi connectivity index (χ3n) is 4.28. The van der Waals surface area contributed by atoms with E-state index in [0.717, 1.165) is 16.4 Å². The number of hydrogen-bond acceptors (Lipinski definition) is 4. The minimum Gasteiger partial charge on any atom is -0.383 e. The van der Waals surface area contributed by atoms with Crippen molar-refractivity contribution in [2.75, 3.05) is 25.6 Å². The van der Waals surface area contributed by atoms with E-state index in [4.69, 9.17) is 4.74 Å². The second kappa shape index (κ2) is 7.36. The molecular formula is C17H19F3N4O2. The Morgan fingerprint density at radius 3 is 2.77 bits per heavy atom. The lowest BCUT2D eigenvalue weighted by molar-refractivity contribution is -0.173. The maximum atomic E-state index is 13.6. The molecule has 3 rings (SSSR count). The number of fused-ring (bicyclic) bond motifs is 1. The molecule has 0 saturated heterocycles. The maximum absolute atomic E-state index is 13.6. The second-order valence-corrected chi connectivity index (χ2v) is 6.00. The Hall–Kier alpha value is -2.55. The summed E-state index contributed by atoms with van der Waals surface area (Å²) in [6.45, 7) is 0.561. The molecule has 0 spiro atoms. The molecule has 140 valence electrons. The summed E-state index contributed by atoms with van der Waals surface area (Å²) in [5, 5.41) is 9.47. The molecule has 1 aliphatic heterocycles. The lowest BCUT2D eigenvalue weighted by Crippen LogP contribution is -2.36. The summed E-state index contributed by atoms with van der Waals surface area (Å²) in [6.07, 6.45) is -3.51. The number of carbonyl (C=O) groups excluding carboxylic acids is 1. The Morgan fingerprint density at radius 2 is 2.12 bits per heavy atom. The Labute approximate surface area is 148 Å². The summed E-state index contributed by atoms with van der Waals surface area (Å²) in [7, 11) is 1.49. The van der Waals surface area contributed by atoms with E-state index < -0.39 is 24.2 Å². The maximum Gasteiger partial charge on any atom is 0.410 e. The van der Waals surface area contributed by atoms with Crippen molar-refractivity contribution in [3.05, 3.63) is 47.7 Å². The monoisotopic (exact) mass is 368 g/mol. The van der Waals surface area contributed by atoms with Crippen molar-refractivity contribution in [1.82, 2.24) is 15.1 Å². The number of alkyl halides is 3. The molecule has 6 nitrogen and oxygen atoms in total. The number of methoxy groups -OCH3 is 1. The van der Waals surface area contributed by atoms with Gasteiger partial charge in [0.2, 0.25) is 0 Å². The number of carbonyl (C=O) groups is 1. The summed E-state index contributed by atoms with van der Waals surface area (Å²) in [5.41, 5.74) is 0.802. The molecule has 1 aliphatic rings. The topological polar surface area (TPSA) is 68.2 Å². The minimum atomic E-state index is -4.47. The van der Waals surface area contributed by atoms with E-state index >= 15 is 0 Å². The average Bonchev–Trinajstić information content (AvgIpc) is 3.05. The summed E-state index contributed by atoms with van der Waals surface area (Å²) >= 11 is 0. The highest BCUT2D eigenvalue weighted by Gasteiger charge is 2.47. The highest BCUT2D eigenvalue weighted by molar-refractivity contribution is 5.98. The summed E-state index contributed by atoms with van der Waals surface area (Å²) in [5.74, 6) is -0.423. The van der Waals surface area contributed by atoms with Gasteiger partial charge in [0.1, 0.15) is 11.4 Å². The van der Waals surface area contributed by atoms with Crippen molar-refractivity contribution in [1.29, 1.82) is 0 Å². The van der Waals surface area contributed by atoms with Crippen LogP contribution in [-0.4, -0.2) is 42.1 Å². The first-order chi connectivity index (χ1) is 12.4.